The van der Waals surface area contributed by atoms with Gasteiger partial charge in [0.25, 0.3) is 11.8 Å². The van der Waals surface area contributed by atoms with Crippen molar-refractivity contribution in [3.8, 4) is 0 Å². The van der Waals surface area contributed by atoms with E-state index in [1.54, 1.807) is 40.7 Å². The summed E-state index contributed by atoms with van der Waals surface area (Å²) in [6, 6.07) is 3.83. The SMILES string of the molecule is CC(C)N1C(=O)c2ccc(NC(=O)NCCNC(=O)OC(C)(C)C)cc2C1=O. The Morgan fingerprint density at radius 2 is 1.64 bits per heavy atom. The summed E-state index contributed by atoms with van der Waals surface area (Å²) in [6.07, 6.45) is -0.564. The van der Waals surface area contributed by atoms with Crippen molar-refractivity contribution in [3.05, 3.63) is 29.3 Å². The molecule has 2 rings (SSSR count). The van der Waals surface area contributed by atoms with Gasteiger partial charge >= 0.3 is 12.1 Å². The second-order valence-corrected chi connectivity index (χ2v) is 7.64. The van der Waals surface area contributed by atoms with Crippen molar-refractivity contribution in [2.45, 2.75) is 46.3 Å². The Hall–Kier alpha value is -3.10. The van der Waals surface area contributed by atoms with E-state index in [1.165, 1.54) is 17.0 Å². The lowest BCUT2D eigenvalue weighted by Crippen LogP contribution is -2.39. The molecule has 0 unspecified atom stereocenters. The second kappa shape index (κ2) is 8.28. The van der Waals surface area contributed by atoms with Crippen LogP contribution in [-0.2, 0) is 4.74 Å². The number of hydrogen-bond donors (Lipinski definition) is 3. The van der Waals surface area contributed by atoms with Gasteiger partial charge in [-0.3, -0.25) is 14.5 Å². The molecule has 0 saturated carbocycles. The number of anilines is 1. The van der Waals surface area contributed by atoms with Gasteiger partial charge in [-0.15, -0.1) is 0 Å². The predicted molar refractivity (Wildman–Crippen MR) is 103 cm³/mol. The highest BCUT2D eigenvalue weighted by Gasteiger charge is 2.37. The van der Waals surface area contributed by atoms with E-state index in [-0.39, 0.29) is 36.5 Å². The second-order valence-electron chi connectivity index (χ2n) is 7.64. The Labute approximate surface area is 163 Å². The normalized spacial score (nSPS) is 13.4. The summed E-state index contributed by atoms with van der Waals surface area (Å²) in [4.78, 5) is 49.3. The van der Waals surface area contributed by atoms with E-state index in [2.05, 4.69) is 16.0 Å². The summed E-state index contributed by atoms with van der Waals surface area (Å²) in [5, 5.41) is 7.71. The van der Waals surface area contributed by atoms with E-state index in [9.17, 15) is 19.2 Å². The smallest absolute Gasteiger partial charge is 0.407 e. The lowest BCUT2D eigenvalue weighted by Gasteiger charge is -2.19. The van der Waals surface area contributed by atoms with Gasteiger partial charge in [-0.05, 0) is 52.8 Å². The van der Waals surface area contributed by atoms with Gasteiger partial charge < -0.3 is 20.7 Å². The Morgan fingerprint density at radius 3 is 2.25 bits per heavy atom. The van der Waals surface area contributed by atoms with Gasteiger partial charge in [-0.25, -0.2) is 9.59 Å². The van der Waals surface area contributed by atoms with Crippen LogP contribution in [0.15, 0.2) is 18.2 Å². The van der Waals surface area contributed by atoms with Gasteiger partial charge in [0.05, 0.1) is 11.1 Å². The highest BCUT2D eigenvalue weighted by atomic mass is 16.6. The maximum Gasteiger partial charge on any atom is 0.407 e. The number of hydrogen-bond acceptors (Lipinski definition) is 5. The van der Waals surface area contributed by atoms with Crippen LogP contribution >= 0.6 is 0 Å². The van der Waals surface area contributed by atoms with Crippen LogP contribution in [0.3, 0.4) is 0 Å². The van der Waals surface area contributed by atoms with Crippen LogP contribution in [0.4, 0.5) is 15.3 Å². The number of carbonyl (C=O) groups is 4. The molecule has 0 bridgehead atoms. The molecule has 1 aromatic carbocycles. The maximum absolute atomic E-state index is 12.4. The molecule has 0 aliphatic carbocycles. The molecule has 0 fully saturated rings. The van der Waals surface area contributed by atoms with Crippen LogP contribution in [0.5, 0.6) is 0 Å². The number of fused-ring (bicyclic) bond motifs is 1. The molecule has 28 heavy (non-hydrogen) atoms. The molecule has 0 radical (unpaired) electrons. The fraction of sp³-hybridized carbons (Fsp3) is 0.474. The predicted octanol–water partition coefficient (Wildman–Crippen LogP) is 2.34. The van der Waals surface area contributed by atoms with E-state index in [1.807, 2.05) is 0 Å². The molecule has 3 N–H and O–H groups in total. The van der Waals surface area contributed by atoms with Gasteiger partial charge in [0.1, 0.15) is 5.60 Å². The number of urea groups is 1. The molecular formula is C19H26N4O5. The number of nitrogens with zero attached hydrogens (tertiary/aromatic N) is 1. The first kappa shape index (κ1) is 21.2. The van der Waals surface area contributed by atoms with E-state index in [0.29, 0.717) is 11.3 Å². The van der Waals surface area contributed by atoms with Crippen molar-refractivity contribution >= 4 is 29.6 Å². The fourth-order valence-electron chi connectivity index (χ4n) is 2.64. The van der Waals surface area contributed by atoms with E-state index >= 15 is 0 Å². The minimum absolute atomic E-state index is 0.189. The highest BCUT2D eigenvalue weighted by molar-refractivity contribution is 6.22. The molecule has 0 spiro atoms. The third kappa shape index (κ3) is 5.21. The standard InChI is InChI=1S/C19H26N4O5/c1-11(2)23-15(24)13-7-6-12(10-14(13)16(23)25)22-17(26)20-8-9-21-18(27)28-19(3,4)5/h6-7,10-11H,8-9H2,1-5H3,(H,21,27)(H2,20,22,26). The average molecular weight is 390 g/mol. The lowest BCUT2D eigenvalue weighted by atomic mass is 10.1. The molecule has 0 saturated heterocycles. The topological polar surface area (TPSA) is 117 Å². The van der Waals surface area contributed by atoms with Gasteiger partial charge in [0, 0.05) is 24.8 Å². The Kier molecular flexibility index (Phi) is 6.27. The van der Waals surface area contributed by atoms with E-state index < -0.39 is 17.7 Å². The van der Waals surface area contributed by atoms with Crippen LogP contribution < -0.4 is 16.0 Å². The molecule has 0 aromatic heterocycles. The van der Waals surface area contributed by atoms with Crippen LogP contribution in [0, 0.1) is 0 Å². The van der Waals surface area contributed by atoms with E-state index in [4.69, 9.17) is 4.74 Å². The summed E-state index contributed by atoms with van der Waals surface area (Å²) in [5.74, 6) is -0.708. The van der Waals surface area contributed by atoms with Crippen molar-refractivity contribution in [1.29, 1.82) is 0 Å². The molecular weight excluding hydrogens is 364 g/mol. The average Bonchev–Trinajstić information content (AvgIpc) is 2.81. The zero-order chi connectivity index (χ0) is 21.1. The van der Waals surface area contributed by atoms with Gasteiger partial charge in [-0.1, -0.05) is 0 Å². The molecule has 0 atom stereocenters. The van der Waals surface area contributed by atoms with Gasteiger partial charge in [0.15, 0.2) is 0 Å². The number of alkyl carbamates (subject to hydrolysis) is 1. The molecule has 9 heteroatoms. The quantitative estimate of drug-likeness (QED) is 0.527. The van der Waals surface area contributed by atoms with Crippen molar-refractivity contribution in [2.24, 2.45) is 0 Å². The third-order valence-electron chi connectivity index (χ3n) is 3.77. The van der Waals surface area contributed by atoms with E-state index in [0.717, 1.165) is 0 Å². The monoisotopic (exact) mass is 390 g/mol. The fourth-order valence-corrected chi connectivity index (χ4v) is 2.64. The molecule has 1 heterocycles. The zero-order valence-electron chi connectivity index (χ0n) is 16.7. The van der Waals surface area contributed by atoms with Gasteiger partial charge in [-0.2, -0.15) is 0 Å². The summed E-state index contributed by atoms with van der Waals surface area (Å²) in [6.45, 7) is 9.19. The Bertz CT molecular complexity index is 798. The van der Waals surface area contributed by atoms with Crippen molar-refractivity contribution < 1.29 is 23.9 Å². The minimum Gasteiger partial charge on any atom is -0.444 e. The summed E-state index contributed by atoms with van der Waals surface area (Å²) < 4.78 is 5.09. The molecule has 1 aliphatic rings. The highest BCUT2D eigenvalue weighted by Crippen LogP contribution is 2.27. The Balaban J connectivity index is 1.85. The number of carbonyl (C=O) groups excluding carboxylic acids is 4. The van der Waals surface area contributed by atoms with Crippen molar-refractivity contribution in [1.82, 2.24) is 15.5 Å². The summed E-state index contributed by atoms with van der Waals surface area (Å²) in [5.41, 5.74) is 0.393. The first-order chi connectivity index (χ1) is 13.0. The zero-order valence-corrected chi connectivity index (χ0v) is 16.7. The number of imide groups is 1. The lowest BCUT2D eigenvalue weighted by molar-refractivity contribution is 0.0526. The number of benzene rings is 1. The molecule has 9 nitrogen and oxygen atoms in total. The maximum atomic E-state index is 12.4. The molecule has 152 valence electrons. The number of amides is 5. The molecule has 5 amide bonds. The summed E-state index contributed by atoms with van der Waals surface area (Å²) in [7, 11) is 0. The number of nitrogens with one attached hydrogen (secondary N) is 3. The Morgan fingerprint density at radius 1 is 1.04 bits per heavy atom. The summed E-state index contributed by atoms with van der Waals surface area (Å²) >= 11 is 0. The third-order valence-corrected chi connectivity index (χ3v) is 3.77. The van der Waals surface area contributed by atoms with Crippen molar-refractivity contribution in [2.75, 3.05) is 18.4 Å². The van der Waals surface area contributed by atoms with Crippen molar-refractivity contribution in [3.63, 3.8) is 0 Å². The van der Waals surface area contributed by atoms with Crippen LogP contribution in [-0.4, -0.2) is 53.6 Å². The number of rotatable bonds is 5. The first-order valence-electron chi connectivity index (χ1n) is 9.03. The minimum atomic E-state index is -0.591. The van der Waals surface area contributed by atoms with Crippen LogP contribution in [0.25, 0.3) is 0 Å². The van der Waals surface area contributed by atoms with Crippen LogP contribution in [0.1, 0.15) is 55.3 Å². The van der Waals surface area contributed by atoms with Crippen LogP contribution in [0.2, 0.25) is 0 Å². The number of ether oxygens (including phenoxy) is 1. The van der Waals surface area contributed by atoms with Gasteiger partial charge in [0.2, 0.25) is 0 Å². The largest absolute Gasteiger partial charge is 0.444 e. The molecule has 1 aromatic rings. The first-order valence-corrected chi connectivity index (χ1v) is 9.03. The molecule has 1 aliphatic heterocycles.